The lowest BCUT2D eigenvalue weighted by atomic mass is 10.0. The summed E-state index contributed by atoms with van der Waals surface area (Å²) >= 11 is 0. The quantitative estimate of drug-likeness (QED) is 0.0140. The molecule has 1 saturated heterocycles. The Morgan fingerprint density at radius 2 is 1.42 bits per heavy atom. The highest BCUT2D eigenvalue weighted by Gasteiger charge is 2.46. The van der Waals surface area contributed by atoms with Gasteiger partial charge in [-0.3, -0.25) is 28.0 Å². The fourth-order valence-corrected chi connectivity index (χ4v) is 8.88. The van der Waals surface area contributed by atoms with Gasteiger partial charge in [-0.2, -0.15) is 9.29 Å². The number of aliphatic hydroxyl groups is 2. The Balaban J connectivity index is 1.85. The van der Waals surface area contributed by atoms with E-state index in [0.717, 1.165) is 75.0 Å². The Labute approximate surface area is 383 Å². The van der Waals surface area contributed by atoms with Crippen LogP contribution < -0.4 is 11.4 Å². The molecule has 1 aliphatic heterocycles. The number of carbonyl (C=O) groups is 3. The molecule has 0 aromatic carbocycles. The minimum atomic E-state index is -5.44. The molecule has 65 heavy (non-hydrogen) atoms. The highest BCUT2D eigenvalue weighted by atomic mass is 31.3. The lowest BCUT2D eigenvalue weighted by Gasteiger charge is -2.21. The van der Waals surface area contributed by atoms with Crippen molar-refractivity contribution in [1.29, 1.82) is 0 Å². The van der Waals surface area contributed by atoms with Crippen LogP contribution in [0.15, 0.2) is 41.4 Å². The molecule has 1 fully saturated rings. The summed E-state index contributed by atoms with van der Waals surface area (Å²) in [6.07, 6.45) is 18.4. The van der Waals surface area contributed by atoms with Gasteiger partial charge in [0.2, 0.25) is 0 Å². The Morgan fingerprint density at radius 3 is 2.05 bits per heavy atom. The lowest BCUT2D eigenvalue weighted by molar-refractivity contribution is -0.161. The molecule has 372 valence electrons. The zero-order valence-electron chi connectivity index (χ0n) is 38.5. The average Bonchev–Trinajstić information content (AvgIpc) is 3.52. The number of aliphatic hydroxyl groups excluding tert-OH is 2. The van der Waals surface area contributed by atoms with Gasteiger partial charge in [0.05, 0.1) is 13.2 Å². The predicted octanol–water partition coefficient (Wildman–Crippen LogP) is 7.70. The van der Waals surface area contributed by atoms with Gasteiger partial charge in [0.1, 0.15) is 30.7 Å². The number of anilines is 1. The Kier molecular flexibility index (Phi) is 29.1. The number of hydrogen-bond acceptors (Lipinski definition) is 16. The van der Waals surface area contributed by atoms with E-state index in [-0.39, 0.29) is 24.4 Å². The second-order valence-corrected chi connectivity index (χ2v) is 19.8. The molecule has 0 aliphatic carbocycles. The van der Waals surface area contributed by atoms with E-state index < -0.39 is 83.7 Å². The fourth-order valence-electron chi connectivity index (χ4n) is 6.77. The van der Waals surface area contributed by atoms with Crippen LogP contribution in [-0.2, 0) is 51.1 Å². The SMILES string of the molecule is CCCCC/C=C\C=C\C(=O)CCCCCCCC(=O)OC[C@H](COP(=O)(O)OP(=O)(O)OC[C@H]1O[C@@H](n2ccc(N)nc2=O)[C@H](O)[C@@H]1O)OC(=O)CCCCCCCCCCC(C)C. The van der Waals surface area contributed by atoms with Crippen molar-refractivity contribution in [3.63, 3.8) is 0 Å². The molecular formula is C44H75N3O16P2. The van der Waals surface area contributed by atoms with E-state index in [2.05, 4.69) is 36.1 Å². The topological polar surface area (TPSA) is 283 Å². The molecule has 0 saturated carbocycles. The number of ketones is 1. The monoisotopic (exact) mass is 963 g/mol. The molecule has 1 aromatic rings. The standard InChI is InChI=1S/C44H75N3O16P2/c1-4-5-6-7-10-15-20-25-35(48)26-21-16-13-18-22-27-39(49)58-31-36(61-40(50)28-23-17-12-9-8-11-14-19-24-34(2)3)32-59-64(54,55)63-65(56,57)60-33-37-41(51)42(52)43(62-37)47-30-29-38(45)46-44(47)53/h10,15,20,25,29-30,34,36-37,41-43,51-52H,4-9,11-14,16-19,21-24,26-28,31-33H2,1-3H3,(H,54,55)(H,56,57)(H2,45,46,53)/b15-10-,25-20+/t36-,37-,41-,42-,43-/m1/s1. The lowest BCUT2D eigenvalue weighted by Crippen LogP contribution is -2.36. The predicted molar refractivity (Wildman–Crippen MR) is 243 cm³/mol. The molecule has 1 aromatic heterocycles. The van der Waals surface area contributed by atoms with Crippen LogP contribution in [0, 0.1) is 5.92 Å². The minimum Gasteiger partial charge on any atom is -0.462 e. The van der Waals surface area contributed by atoms with Crippen molar-refractivity contribution in [3.05, 3.63) is 47.1 Å². The van der Waals surface area contributed by atoms with Crippen LogP contribution in [0.3, 0.4) is 0 Å². The molecule has 2 heterocycles. The maximum atomic E-state index is 12.8. The van der Waals surface area contributed by atoms with Gasteiger partial charge in [-0.05, 0) is 50.2 Å². The number of unbranched alkanes of at least 4 members (excludes halogenated alkanes) is 14. The summed E-state index contributed by atoms with van der Waals surface area (Å²) in [6, 6.07) is 1.24. The Morgan fingerprint density at radius 1 is 0.815 bits per heavy atom. The maximum Gasteiger partial charge on any atom is 0.481 e. The second kappa shape index (κ2) is 32.6. The Hall–Kier alpha value is -3.09. The number of aromatic nitrogens is 2. The zero-order chi connectivity index (χ0) is 48.1. The summed E-state index contributed by atoms with van der Waals surface area (Å²) < 4.78 is 56.5. The van der Waals surface area contributed by atoms with E-state index in [1.807, 2.05) is 6.08 Å². The molecule has 21 heteroatoms. The van der Waals surface area contributed by atoms with E-state index in [1.54, 1.807) is 12.2 Å². The minimum absolute atomic E-state index is 0.0258. The summed E-state index contributed by atoms with van der Waals surface area (Å²) in [7, 11) is -10.9. The molecule has 0 spiro atoms. The van der Waals surface area contributed by atoms with Crippen molar-refractivity contribution >= 4 is 39.2 Å². The molecular weight excluding hydrogens is 888 g/mol. The van der Waals surface area contributed by atoms with Crippen LogP contribution in [0.4, 0.5) is 5.82 Å². The second-order valence-electron chi connectivity index (χ2n) is 16.8. The Bertz CT molecular complexity index is 1760. The highest BCUT2D eigenvalue weighted by molar-refractivity contribution is 7.61. The van der Waals surface area contributed by atoms with Gasteiger partial charge in [-0.25, -0.2) is 13.9 Å². The third kappa shape index (κ3) is 26.7. The van der Waals surface area contributed by atoms with Gasteiger partial charge in [0.25, 0.3) is 0 Å². The first-order valence-electron chi connectivity index (χ1n) is 23.2. The number of phosphoric acid groups is 2. The first-order valence-corrected chi connectivity index (χ1v) is 26.2. The zero-order valence-corrected chi connectivity index (χ0v) is 40.2. The number of carbonyl (C=O) groups excluding carboxylic acids is 3. The number of phosphoric ester groups is 2. The van der Waals surface area contributed by atoms with Crippen molar-refractivity contribution in [3.8, 4) is 0 Å². The van der Waals surface area contributed by atoms with Crippen molar-refractivity contribution in [2.75, 3.05) is 25.6 Å². The van der Waals surface area contributed by atoms with Gasteiger partial charge in [-0.1, -0.05) is 122 Å². The molecule has 2 unspecified atom stereocenters. The number of nitrogen functional groups attached to an aromatic ring is 1. The molecule has 1 aliphatic rings. The molecule has 0 amide bonds. The average molecular weight is 964 g/mol. The molecule has 0 radical (unpaired) electrons. The molecule has 19 nitrogen and oxygen atoms in total. The summed E-state index contributed by atoms with van der Waals surface area (Å²) in [5.74, 6) is -0.632. The first kappa shape index (κ1) is 58.0. The highest BCUT2D eigenvalue weighted by Crippen LogP contribution is 2.60. The number of esters is 2. The van der Waals surface area contributed by atoms with Crippen LogP contribution in [0.5, 0.6) is 0 Å². The van der Waals surface area contributed by atoms with E-state index in [0.29, 0.717) is 31.6 Å². The number of allylic oxidation sites excluding steroid dienone is 4. The number of hydrogen-bond donors (Lipinski definition) is 5. The van der Waals surface area contributed by atoms with Crippen molar-refractivity contribution in [2.24, 2.45) is 5.92 Å². The van der Waals surface area contributed by atoms with E-state index in [4.69, 9.17) is 29.0 Å². The maximum absolute atomic E-state index is 12.8. The van der Waals surface area contributed by atoms with E-state index in [1.165, 1.54) is 38.2 Å². The van der Waals surface area contributed by atoms with Crippen molar-refractivity contribution in [1.82, 2.24) is 9.55 Å². The van der Waals surface area contributed by atoms with Crippen LogP contribution in [0.1, 0.15) is 162 Å². The number of ether oxygens (including phenoxy) is 3. The van der Waals surface area contributed by atoms with Crippen molar-refractivity contribution in [2.45, 2.75) is 186 Å². The third-order valence-corrected chi connectivity index (χ3v) is 13.0. The van der Waals surface area contributed by atoms with Crippen LogP contribution in [0.2, 0.25) is 0 Å². The number of nitrogens with zero attached hydrogens (tertiary/aromatic N) is 2. The van der Waals surface area contributed by atoms with Crippen LogP contribution in [0.25, 0.3) is 0 Å². The third-order valence-electron chi connectivity index (χ3n) is 10.4. The largest absolute Gasteiger partial charge is 0.481 e. The smallest absolute Gasteiger partial charge is 0.462 e. The molecule has 7 atom stereocenters. The summed E-state index contributed by atoms with van der Waals surface area (Å²) in [6.45, 7) is 4.20. The summed E-state index contributed by atoms with van der Waals surface area (Å²) in [5, 5.41) is 20.9. The van der Waals surface area contributed by atoms with Crippen LogP contribution in [-0.4, -0.2) is 91.5 Å². The van der Waals surface area contributed by atoms with E-state index >= 15 is 0 Å². The van der Waals surface area contributed by atoms with Gasteiger partial charge < -0.3 is 39.9 Å². The summed E-state index contributed by atoms with van der Waals surface area (Å²) in [4.78, 5) is 73.7. The van der Waals surface area contributed by atoms with Gasteiger partial charge in [0.15, 0.2) is 18.1 Å². The van der Waals surface area contributed by atoms with Crippen molar-refractivity contribution < 1.29 is 71.1 Å². The first-order chi connectivity index (χ1) is 30.9. The molecule has 6 N–H and O–H groups in total. The molecule has 2 rings (SSSR count). The van der Waals surface area contributed by atoms with Gasteiger partial charge >= 0.3 is 33.3 Å². The van der Waals surface area contributed by atoms with E-state index in [9.17, 15) is 48.3 Å². The van der Waals surface area contributed by atoms with Gasteiger partial charge in [0, 0.05) is 25.5 Å². The normalized spacial score (nSPS) is 20.0. The number of nitrogens with two attached hydrogens (primary N) is 1. The van der Waals surface area contributed by atoms with Gasteiger partial charge in [-0.15, -0.1) is 0 Å². The summed E-state index contributed by atoms with van der Waals surface area (Å²) in [5.41, 5.74) is 4.57. The fraction of sp³-hybridized carbons (Fsp3) is 0.750. The van der Waals surface area contributed by atoms with Crippen LogP contribution >= 0.6 is 15.6 Å². The molecule has 0 bridgehead atoms. The number of rotatable bonds is 37.